The van der Waals surface area contributed by atoms with Crippen molar-refractivity contribution in [2.24, 2.45) is 0 Å². The summed E-state index contributed by atoms with van der Waals surface area (Å²) in [7, 11) is 0. The van der Waals surface area contributed by atoms with Gasteiger partial charge in [-0.25, -0.2) is 22.6 Å². The van der Waals surface area contributed by atoms with Crippen molar-refractivity contribution in [1.82, 2.24) is 25.2 Å². The van der Waals surface area contributed by atoms with Gasteiger partial charge in [0.2, 0.25) is 0 Å². The molecule has 6 rings (SSSR count). The molecule has 1 saturated heterocycles. The number of nitriles is 1. The van der Waals surface area contributed by atoms with Gasteiger partial charge in [0.15, 0.2) is 11.6 Å². The monoisotopic (exact) mass is 666 g/mol. The minimum Gasteiger partial charge on any atom is -0.444 e. The Morgan fingerprint density at radius 2 is 1.91 bits per heavy atom. The third-order valence-corrected chi connectivity index (χ3v) is 9.58. The van der Waals surface area contributed by atoms with E-state index in [-0.39, 0.29) is 62.2 Å². The summed E-state index contributed by atoms with van der Waals surface area (Å²) in [4.78, 5) is 28.1. The number of fused-ring (bicyclic) bond motifs is 1. The number of likely N-dealkylation sites (tertiary alicyclic amines) is 1. The SMILES string of the molecule is CC(C)(C)OC(=O)N[C@@H]1CCCN(C(=O)c2cc(-c3ccc(C#N)c(F)c3)c(-c3cc4nnn(CC5(O)CCC5)c4c(F)c3F)s2)C1. The molecule has 0 unspecified atom stereocenters. The molecule has 2 amide bonds. The second kappa shape index (κ2) is 12.3. The largest absolute Gasteiger partial charge is 0.444 e. The molecule has 3 heterocycles. The predicted octanol–water partition coefficient (Wildman–Crippen LogP) is 6.16. The van der Waals surface area contributed by atoms with Crippen LogP contribution in [0, 0.1) is 28.8 Å². The van der Waals surface area contributed by atoms with Crippen molar-refractivity contribution in [3.63, 3.8) is 0 Å². The number of carbonyl (C=O) groups is 2. The van der Waals surface area contributed by atoms with Crippen LogP contribution in [0.5, 0.6) is 0 Å². The lowest BCUT2D eigenvalue weighted by atomic mass is 9.80. The van der Waals surface area contributed by atoms with Gasteiger partial charge in [0, 0.05) is 35.1 Å². The zero-order valence-corrected chi connectivity index (χ0v) is 26.9. The number of piperidine rings is 1. The first-order chi connectivity index (χ1) is 22.2. The van der Waals surface area contributed by atoms with Gasteiger partial charge in [0.1, 0.15) is 28.5 Å². The van der Waals surface area contributed by atoms with Gasteiger partial charge in [-0.3, -0.25) is 4.79 Å². The maximum atomic E-state index is 16.0. The lowest BCUT2D eigenvalue weighted by Crippen LogP contribution is -2.50. The Morgan fingerprint density at radius 1 is 1.15 bits per heavy atom. The van der Waals surface area contributed by atoms with Crippen LogP contribution in [-0.2, 0) is 11.3 Å². The molecule has 2 N–H and O–H groups in total. The number of halogens is 3. The number of nitrogens with one attached hydrogen (secondary N) is 1. The summed E-state index contributed by atoms with van der Waals surface area (Å²) in [6.45, 7) is 5.83. The van der Waals surface area contributed by atoms with Gasteiger partial charge in [0.05, 0.1) is 22.6 Å². The highest BCUT2D eigenvalue weighted by Gasteiger charge is 2.36. The number of ether oxygens (including phenoxy) is 1. The number of benzene rings is 2. The van der Waals surface area contributed by atoms with Gasteiger partial charge in [-0.15, -0.1) is 16.4 Å². The standard InChI is InChI=1S/C33H33F3N6O4S/c1-32(2,3)46-31(44)38-20-6-4-11-41(16-20)30(43)25-14-21(18-7-8-19(15-37)23(34)12-18)29(47-25)22-13-24-28(27(36)26(22)35)42(40-39-24)17-33(45)9-5-10-33/h7-8,12-14,20,45H,4-6,9-11,16-17H2,1-3H3,(H,38,44)/t20-/m1/s1. The number of alkyl carbamates (subject to hydrolysis) is 1. The van der Waals surface area contributed by atoms with Gasteiger partial charge in [-0.2, -0.15) is 5.26 Å². The minimum absolute atomic E-state index is 0.0355. The summed E-state index contributed by atoms with van der Waals surface area (Å²) in [6.07, 6.45) is 2.51. The Morgan fingerprint density at radius 3 is 2.57 bits per heavy atom. The average Bonchev–Trinajstić information content (AvgIpc) is 3.61. The summed E-state index contributed by atoms with van der Waals surface area (Å²) in [5.41, 5.74) is -1.77. The van der Waals surface area contributed by atoms with Crippen LogP contribution < -0.4 is 5.32 Å². The Bertz CT molecular complexity index is 1920. The molecular formula is C33H33F3N6O4S. The highest BCUT2D eigenvalue weighted by atomic mass is 32.1. The Kier molecular flexibility index (Phi) is 8.48. The molecule has 0 radical (unpaired) electrons. The third kappa shape index (κ3) is 6.55. The maximum Gasteiger partial charge on any atom is 0.407 e. The van der Waals surface area contributed by atoms with E-state index in [1.165, 1.54) is 24.3 Å². The van der Waals surface area contributed by atoms with Crippen LogP contribution in [0.25, 0.3) is 32.6 Å². The number of aromatic nitrogens is 3. The Hall–Kier alpha value is -4.48. The van der Waals surface area contributed by atoms with Crippen molar-refractivity contribution in [3.8, 4) is 27.6 Å². The number of aliphatic hydroxyl groups is 1. The highest BCUT2D eigenvalue weighted by Crippen LogP contribution is 2.43. The van der Waals surface area contributed by atoms with Crippen LogP contribution in [0.3, 0.4) is 0 Å². The van der Waals surface area contributed by atoms with Gasteiger partial charge < -0.3 is 20.1 Å². The van der Waals surface area contributed by atoms with E-state index in [4.69, 9.17) is 4.74 Å². The number of nitrogens with zero attached hydrogens (tertiary/aromatic N) is 5. The molecule has 0 bridgehead atoms. The molecule has 47 heavy (non-hydrogen) atoms. The number of amides is 2. The van der Waals surface area contributed by atoms with Crippen molar-refractivity contribution in [2.45, 2.75) is 76.7 Å². The lowest BCUT2D eigenvalue weighted by molar-refractivity contribution is -0.0493. The fourth-order valence-electron chi connectivity index (χ4n) is 5.96. The number of hydrogen-bond donors (Lipinski definition) is 2. The number of hydrogen-bond acceptors (Lipinski definition) is 8. The van der Waals surface area contributed by atoms with E-state index in [0.717, 1.165) is 28.5 Å². The maximum absolute atomic E-state index is 16.0. The molecule has 4 aromatic rings. The minimum atomic E-state index is -1.21. The van der Waals surface area contributed by atoms with E-state index >= 15 is 8.78 Å². The fraction of sp³-hybridized carbons (Fsp3) is 0.424. The second-order valence-electron chi connectivity index (χ2n) is 13.1. The highest BCUT2D eigenvalue weighted by molar-refractivity contribution is 7.18. The number of carbonyl (C=O) groups excluding carboxylic acids is 2. The van der Waals surface area contributed by atoms with Crippen LogP contribution in [0.1, 0.15) is 68.1 Å². The summed E-state index contributed by atoms with van der Waals surface area (Å²) >= 11 is 0.917. The van der Waals surface area contributed by atoms with E-state index in [0.29, 0.717) is 32.2 Å². The lowest BCUT2D eigenvalue weighted by Gasteiger charge is -2.36. The zero-order chi connectivity index (χ0) is 33.7. The molecule has 1 saturated carbocycles. The smallest absolute Gasteiger partial charge is 0.407 e. The van der Waals surface area contributed by atoms with Crippen LogP contribution in [-0.4, -0.2) is 67.3 Å². The van der Waals surface area contributed by atoms with E-state index in [1.807, 2.05) is 0 Å². The van der Waals surface area contributed by atoms with Crippen LogP contribution in [0.15, 0.2) is 30.3 Å². The topological polar surface area (TPSA) is 133 Å². The van der Waals surface area contributed by atoms with Gasteiger partial charge >= 0.3 is 6.09 Å². The van der Waals surface area contributed by atoms with Crippen LogP contribution in [0.2, 0.25) is 0 Å². The molecule has 246 valence electrons. The molecular weight excluding hydrogens is 633 g/mol. The molecule has 2 aromatic carbocycles. The number of thiophene rings is 1. The van der Waals surface area contributed by atoms with E-state index < -0.39 is 40.7 Å². The van der Waals surface area contributed by atoms with E-state index in [2.05, 4.69) is 15.6 Å². The zero-order valence-electron chi connectivity index (χ0n) is 26.1. The van der Waals surface area contributed by atoms with E-state index in [1.54, 1.807) is 31.7 Å². The van der Waals surface area contributed by atoms with Crippen molar-refractivity contribution in [2.75, 3.05) is 13.1 Å². The summed E-state index contributed by atoms with van der Waals surface area (Å²) < 4.78 is 53.1. The van der Waals surface area contributed by atoms with Crippen LogP contribution >= 0.6 is 11.3 Å². The van der Waals surface area contributed by atoms with Crippen molar-refractivity contribution >= 4 is 34.4 Å². The number of rotatable bonds is 6. The van der Waals surface area contributed by atoms with Crippen LogP contribution in [0.4, 0.5) is 18.0 Å². The van der Waals surface area contributed by atoms with Gasteiger partial charge in [-0.05, 0) is 82.7 Å². The van der Waals surface area contributed by atoms with Gasteiger partial charge in [-0.1, -0.05) is 11.3 Å². The molecule has 2 aromatic heterocycles. The second-order valence-corrected chi connectivity index (χ2v) is 14.2. The van der Waals surface area contributed by atoms with Crippen molar-refractivity contribution < 1.29 is 32.6 Å². The molecule has 1 aliphatic heterocycles. The summed E-state index contributed by atoms with van der Waals surface area (Å²) in [5.74, 6) is -3.62. The molecule has 10 nitrogen and oxygen atoms in total. The third-order valence-electron chi connectivity index (χ3n) is 8.43. The summed E-state index contributed by atoms with van der Waals surface area (Å²) in [6, 6.07) is 8.10. The molecule has 2 fully saturated rings. The van der Waals surface area contributed by atoms with E-state index in [9.17, 15) is 24.3 Å². The molecule has 2 aliphatic rings. The molecule has 1 aliphatic carbocycles. The first kappa shape index (κ1) is 32.5. The van der Waals surface area contributed by atoms with Gasteiger partial charge in [0.25, 0.3) is 5.91 Å². The molecule has 0 spiro atoms. The average molecular weight is 667 g/mol. The molecule has 14 heteroatoms. The fourth-order valence-corrected chi connectivity index (χ4v) is 7.12. The Labute approximate surface area is 272 Å². The Balaban J connectivity index is 1.37. The molecule has 1 atom stereocenters. The first-order valence-electron chi connectivity index (χ1n) is 15.3. The predicted molar refractivity (Wildman–Crippen MR) is 168 cm³/mol. The summed E-state index contributed by atoms with van der Waals surface area (Å²) in [5, 5.41) is 30.7. The van der Waals surface area contributed by atoms with Crippen molar-refractivity contribution in [1.29, 1.82) is 5.26 Å². The normalized spacial score (nSPS) is 17.7. The quantitative estimate of drug-likeness (QED) is 0.252. The van der Waals surface area contributed by atoms with Crippen molar-refractivity contribution in [3.05, 3.63) is 58.2 Å². The first-order valence-corrected chi connectivity index (χ1v) is 16.1.